The Kier molecular flexibility index (Phi) is 8.41. The van der Waals surface area contributed by atoms with Gasteiger partial charge in [0.1, 0.15) is 5.75 Å². The van der Waals surface area contributed by atoms with Crippen LogP contribution in [0, 0.1) is 0 Å². The quantitative estimate of drug-likeness (QED) is 0.417. The number of aliphatic imine (C=N–C) groups is 1. The van der Waals surface area contributed by atoms with Crippen LogP contribution in [0.5, 0.6) is 5.75 Å². The van der Waals surface area contributed by atoms with Gasteiger partial charge in [-0.15, -0.1) is 0 Å². The molecular formula is C19H27F3N4O2. The highest BCUT2D eigenvalue weighted by Crippen LogP contribution is 2.19. The first-order valence-corrected chi connectivity index (χ1v) is 9.46. The first-order chi connectivity index (χ1) is 13.4. The summed E-state index contributed by atoms with van der Waals surface area (Å²) in [6.07, 6.45) is -2.40. The molecule has 28 heavy (non-hydrogen) atoms. The normalized spacial score (nSPS) is 14.5. The molecule has 1 aliphatic rings. The summed E-state index contributed by atoms with van der Waals surface area (Å²) in [4.78, 5) is 15.5. The van der Waals surface area contributed by atoms with E-state index >= 15 is 0 Å². The van der Waals surface area contributed by atoms with Gasteiger partial charge in [-0.1, -0.05) is 12.1 Å². The van der Waals surface area contributed by atoms with Crippen LogP contribution >= 0.6 is 0 Å². The number of halogens is 3. The second kappa shape index (κ2) is 10.8. The molecule has 0 atom stereocenters. The van der Waals surface area contributed by atoms with Crippen molar-refractivity contribution in [3.05, 3.63) is 29.8 Å². The van der Waals surface area contributed by atoms with Crippen molar-refractivity contribution in [3.8, 4) is 5.75 Å². The molecule has 0 aromatic heterocycles. The molecule has 2 rings (SSSR count). The van der Waals surface area contributed by atoms with Crippen LogP contribution < -0.4 is 20.7 Å². The van der Waals surface area contributed by atoms with Gasteiger partial charge in [-0.3, -0.25) is 9.79 Å². The van der Waals surface area contributed by atoms with Crippen molar-refractivity contribution in [2.45, 2.75) is 44.8 Å². The van der Waals surface area contributed by atoms with Crippen LogP contribution in [-0.2, 0) is 11.2 Å². The van der Waals surface area contributed by atoms with Crippen LogP contribution in [0.3, 0.4) is 0 Å². The first-order valence-electron chi connectivity index (χ1n) is 9.46. The number of hydrogen-bond donors (Lipinski definition) is 3. The van der Waals surface area contributed by atoms with Crippen molar-refractivity contribution in [1.29, 1.82) is 0 Å². The van der Waals surface area contributed by atoms with E-state index < -0.39 is 12.6 Å². The number of carbonyl (C=O) groups excluding carboxylic acids is 1. The Hall–Kier alpha value is -2.45. The SMILES string of the molecule is CCNC(=NCCC(F)(F)F)NCCc1ccc(OCC(=O)NC2CC2)cc1. The molecule has 1 aromatic carbocycles. The van der Waals surface area contributed by atoms with Gasteiger partial charge in [-0.05, 0) is 43.9 Å². The van der Waals surface area contributed by atoms with E-state index in [1.54, 1.807) is 12.1 Å². The highest BCUT2D eigenvalue weighted by molar-refractivity contribution is 5.79. The van der Waals surface area contributed by atoms with Gasteiger partial charge >= 0.3 is 6.18 Å². The second-order valence-electron chi connectivity index (χ2n) is 6.58. The lowest BCUT2D eigenvalue weighted by molar-refractivity contribution is -0.132. The van der Waals surface area contributed by atoms with E-state index in [1.165, 1.54) is 0 Å². The van der Waals surface area contributed by atoms with E-state index in [4.69, 9.17) is 4.74 Å². The fourth-order valence-corrected chi connectivity index (χ4v) is 2.36. The van der Waals surface area contributed by atoms with Gasteiger partial charge < -0.3 is 20.7 Å². The van der Waals surface area contributed by atoms with Gasteiger partial charge in [-0.25, -0.2) is 0 Å². The molecule has 0 bridgehead atoms. The molecule has 1 aliphatic carbocycles. The number of amides is 1. The average Bonchev–Trinajstić information content (AvgIpc) is 3.44. The van der Waals surface area contributed by atoms with Gasteiger partial charge in [0.25, 0.3) is 5.91 Å². The maximum Gasteiger partial charge on any atom is 0.390 e. The van der Waals surface area contributed by atoms with Crippen molar-refractivity contribution in [3.63, 3.8) is 0 Å². The summed E-state index contributed by atoms with van der Waals surface area (Å²) in [7, 11) is 0. The van der Waals surface area contributed by atoms with E-state index in [9.17, 15) is 18.0 Å². The first kappa shape index (κ1) is 21.8. The Morgan fingerprint density at radius 2 is 1.93 bits per heavy atom. The Balaban J connectivity index is 1.70. The van der Waals surface area contributed by atoms with Crippen molar-refractivity contribution in [2.24, 2.45) is 4.99 Å². The number of carbonyl (C=O) groups is 1. The second-order valence-corrected chi connectivity index (χ2v) is 6.58. The van der Waals surface area contributed by atoms with Crippen LogP contribution in [0.25, 0.3) is 0 Å². The summed E-state index contributed by atoms with van der Waals surface area (Å²) in [5.74, 6) is 0.870. The number of alkyl halides is 3. The minimum atomic E-state index is -4.21. The molecule has 0 spiro atoms. The molecule has 0 unspecified atom stereocenters. The zero-order valence-corrected chi connectivity index (χ0v) is 15.9. The van der Waals surface area contributed by atoms with Crippen LogP contribution in [0.2, 0.25) is 0 Å². The van der Waals surface area contributed by atoms with Crippen LogP contribution in [0.15, 0.2) is 29.3 Å². The zero-order valence-electron chi connectivity index (χ0n) is 15.9. The maximum absolute atomic E-state index is 12.2. The standard InChI is InChI=1S/C19H27F3N4O2/c1-2-23-18(25-12-10-19(20,21)22)24-11-9-14-3-7-16(8-4-14)28-13-17(27)26-15-5-6-15/h3-4,7-8,15H,2,5-6,9-13H2,1H3,(H,26,27)(H2,23,24,25). The molecule has 0 radical (unpaired) electrons. The molecule has 0 aliphatic heterocycles. The van der Waals surface area contributed by atoms with Crippen molar-refractivity contribution in [2.75, 3.05) is 26.2 Å². The lowest BCUT2D eigenvalue weighted by Crippen LogP contribution is -2.38. The van der Waals surface area contributed by atoms with Gasteiger partial charge in [0.15, 0.2) is 12.6 Å². The Bertz CT molecular complexity index is 644. The monoisotopic (exact) mass is 400 g/mol. The predicted octanol–water partition coefficient (Wildman–Crippen LogP) is 2.39. The minimum Gasteiger partial charge on any atom is -0.484 e. The Morgan fingerprint density at radius 1 is 1.21 bits per heavy atom. The maximum atomic E-state index is 12.2. The summed E-state index contributed by atoms with van der Waals surface area (Å²) >= 11 is 0. The van der Waals surface area contributed by atoms with Crippen molar-refractivity contribution in [1.82, 2.24) is 16.0 Å². The number of hydrogen-bond acceptors (Lipinski definition) is 3. The number of guanidine groups is 1. The van der Waals surface area contributed by atoms with Gasteiger partial charge in [0.2, 0.25) is 0 Å². The summed E-state index contributed by atoms with van der Waals surface area (Å²) in [6, 6.07) is 7.69. The molecule has 3 N–H and O–H groups in total. The lowest BCUT2D eigenvalue weighted by atomic mass is 10.1. The molecule has 1 amide bonds. The fraction of sp³-hybridized carbons (Fsp3) is 0.579. The highest BCUT2D eigenvalue weighted by atomic mass is 19.4. The van der Waals surface area contributed by atoms with Crippen molar-refractivity contribution < 1.29 is 22.7 Å². The van der Waals surface area contributed by atoms with Gasteiger partial charge in [0.05, 0.1) is 13.0 Å². The third-order valence-electron chi connectivity index (χ3n) is 3.95. The molecule has 6 nitrogen and oxygen atoms in total. The fourth-order valence-electron chi connectivity index (χ4n) is 2.36. The number of nitrogens with one attached hydrogen (secondary N) is 3. The van der Waals surface area contributed by atoms with E-state index in [0.717, 1.165) is 18.4 Å². The number of nitrogens with zero attached hydrogens (tertiary/aromatic N) is 1. The summed E-state index contributed by atoms with van der Waals surface area (Å²) in [5, 5.41) is 8.80. The Morgan fingerprint density at radius 3 is 2.54 bits per heavy atom. The largest absolute Gasteiger partial charge is 0.484 e. The lowest BCUT2D eigenvalue weighted by Gasteiger charge is -2.12. The number of ether oxygens (including phenoxy) is 1. The van der Waals surface area contributed by atoms with Crippen LogP contribution in [0.4, 0.5) is 13.2 Å². The number of rotatable bonds is 10. The van der Waals surface area contributed by atoms with Gasteiger partial charge in [0, 0.05) is 19.1 Å². The molecular weight excluding hydrogens is 373 g/mol. The van der Waals surface area contributed by atoms with Gasteiger partial charge in [-0.2, -0.15) is 13.2 Å². The van der Waals surface area contributed by atoms with E-state index in [0.29, 0.717) is 37.3 Å². The summed E-state index contributed by atoms with van der Waals surface area (Å²) in [6.45, 7) is 2.64. The minimum absolute atomic E-state index is 0.00214. The topological polar surface area (TPSA) is 74.8 Å². The van der Waals surface area contributed by atoms with Crippen LogP contribution in [-0.4, -0.2) is 50.3 Å². The zero-order chi connectivity index (χ0) is 20.4. The molecule has 1 fully saturated rings. The molecule has 9 heteroatoms. The molecule has 1 saturated carbocycles. The predicted molar refractivity (Wildman–Crippen MR) is 101 cm³/mol. The molecule has 156 valence electrons. The van der Waals surface area contributed by atoms with Crippen LogP contribution in [0.1, 0.15) is 31.7 Å². The van der Waals surface area contributed by atoms with E-state index in [1.807, 2.05) is 19.1 Å². The van der Waals surface area contributed by atoms with E-state index in [2.05, 4.69) is 20.9 Å². The molecule has 0 heterocycles. The van der Waals surface area contributed by atoms with E-state index in [-0.39, 0.29) is 19.1 Å². The van der Waals surface area contributed by atoms with Crippen molar-refractivity contribution >= 4 is 11.9 Å². The molecule has 0 saturated heterocycles. The third kappa shape index (κ3) is 9.48. The third-order valence-corrected chi connectivity index (χ3v) is 3.95. The smallest absolute Gasteiger partial charge is 0.390 e. The number of benzene rings is 1. The summed E-state index contributed by atoms with van der Waals surface area (Å²) in [5.41, 5.74) is 1.04. The highest BCUT2D eigenvalue weighted by Gasteiger charge is 2.26. The molecule has 1 aromatic rings. The Labute approximate surface area is 162 Å². The average molecular weight is 400 g/mol. The summed E-state index contributed by atoms with van der Waals surface area (Å²) < 4.78 is 42.1.